The number of anilines is 1. The van der Waals surface area contributed by atoms with Gasteiger partial charge in [0.2, 0.25) is 11.8 Å². The van der Waals surface area contributed by atoms with Gasteiger partial charge in [-0.25, -0.2) is 4.79 Å². The predicted molar refractivity (Wildman–Crippen MR) is 112 cm³/mol. The van der Waals surface area contributed by atoms with Gasteiger partial charge in [-0.15, -0.1) is 0 Å². The fraction of sp³-hybridized carbons (Fsp3) is 0.565. The lowest BCUT2D eigenvalue weighted by atomic mass is 9.81. The molecule has 3 amide bonds. The monoisotopic (exact) mass is 414 g/mol. The molecule has 1 aromatic rings. The Kier molecular flexibility index (Phi) is 6.90. The molecule has 1 heterocycles. The van der Waals surface area contributed by atoms with E-state index >= 15 is 0 Å². The van der Waals surface area contributed by atoms with Gasteiger partial charge >= 0.3 is 5.97 Å². The Morgan fingerprint density at radius 3 is 2.10 bits per heavy atom. The molecule has 30 heavy (non-hydrogen) atoms. The van der Waals surface area contributed by atoms with Gasteiger partial charge in [-0.2, -0.15) is 0 Å². The molecule has 0 unspecified atom stereocenters. The van der Waals surface area contributed by atoms with Crippen molar-refractivity contribution in [1.29, 1.82) is 0 Å². The molecule has 2 fully saturated rings. The largest absolute Gasteiger partial charge is 0.454 e. The zero-order valence-corrected chi connectivity index (χ0v) is 17.9. The van der Waals surface area contributed by atoms with E-state index < -0.39 is 24.5 Å². The van der Waals surface area contributed by atoms with Crippen LogP contribution < -0.4 is 5.32 Å². The summed E-state index contributed by atoms with van der Waals surface area (Å²) in [6, 6.07) is 4.83. The average Bonchev–Trinajstić information content (AvgIpc) is 3.02. The van der Waals surface area contributed by atoms with Gasteiger partial charge in [0.05, 0.1) is 11.8 Å². The summed E-state index contributed by atoms with van der Waals surface area (Å²) in [5.41, 5.74) is 2.78. The van der Waals surface area contributed by atoms with Crippen LogP contribution in [-0.2, 0) is 36.8 Å². The Morgan fingerprint density at radius 2 is 1.60 bits per heavy atom. The summed E-state index contributed by atoms with van der Waals surface area (Å²) in [4.78, 5) is 51.2. The number of esters is 1. The maximum absolute atomic E-state index is 12.6. The lowest BCUT2D eigenvalue weighted by molar-refractivity contribution is -0.159. The van der Waals surface area contributed by atoms with Gasteiger partial charge in [-0.05, 0) is 43.7 Å². The van der Waals surface area contributed by atoms with Crippen LogP contribution in [-0.4, -0.2) is 41.2 Å². The van der Waals surface area contributed by atoms with Crippen LogP contribution in [0.4, 0.5) is 5.69 Å². The molecule has 1 aliphatic carbocycles. The molecule has 1 N–H and O–H groups in total. The van der Waals surface area contributed by atoms with Crippen molar-refractivity contribution in [2.45, 2.75) is 65.3 Å². The fourth-order valence-corrected chi connectivity index (χ4v) is 4.51. The van der Waals surface area contributed by atoms with Gasteiger partial charge in [0.1, 0.15) is 6.04 Å². The molecule has 1 saturated heterocycles. The van der Waals surface area contributed by atoms with Crippen LogP contribution in [0.3, 0.4) is 0 Å². The number of ether oxygens (including phenoxy) is 1. The van der Waals surface area contributed by atoms with Crippen LogP contribution in [0, 0.1) is 11.8 Å². The number of benzene rings is 1. The van der Waals surface area contributed by atoms with E-state index in [0.717, 1.165) is 47.4 Å². The van der Waals surface area contributed by atoms with Crippen LogP contribution in [0.2, 0.25) is 0 Å². The smallest absolute Gasteiger partial charge is 0.329 e. The number of para-hydroxylation sites is 1. The first kappa shape index (κ1) is 22.0. The molecule has 0 aromatic heterocycles. The molecule has 3 rings (SSSR count). The van der Waals surface area contributed by atoms with Crippen LogP contribution in [0.5, 0.6) is 0 Å². The van der Waals surface area contributed by atoms with Crippen LogP contribution in [0.1, 0.15) is 57.6 Å². The molecule has 1 saturated carbocycles. The molecule has 7 nitrogen and oxygen atoms in total. The van der Waals surface area contributed by atoms with E-state index in [1.165, 1.54) is 6.92 Å². The Hall–Kier alpha value is -2.70. The number of carbonyl (C=O) groups is 4. The average molecular weight is 415 g/mol. The molecule has 2 aliphatic rings. The summed E-state index contributed by atoms with van der Waals surface area (Å²) < 4.78 is 5.15. The molecule has 1 aliphatic heterocycles. The summed E-state index contributed by atoms with van der Waals surface area (Å²) >= 11 is 0. The minimum atomic E-state index is -1.03. The van der Waals surface area contributed by atoms with Gasteiger partial charge in [0.25, 0.3) is 5.91 Å². The number of nitrogens with zero attached hydrogens (tertiary/aromatic N) is 1. The molecular weight excluding hydrogens is 384 g/mol. The molecular formula is C23H30N2O5. The molecule has 0 bridgehead atoms. The lowest BCUT2D eigenvalue weighted by Gasteiger charge is -2.21. The van der Waals surface area contributed by atoms with Crippen molar-refractivity contribution in [1.82, 2.24) is 4.90 Å². The Bertz CT molecular complexity index is 804. The number of nitrogens with one attached hydrogen (secondary N) is 1. The summed E-state index contributed by atoms with van der Waals surface area (Å²) in [5, 5.41) is 2.84. The van der Waals surface area contributed by atoms with Crippen molar-refractivity contribution in [3.05, 3.63) is 29.3 Å². The maximum Gasteiger partial charge on any atom is 0.329 e. The van der Waals surface area contributed by atoms with Gasteiger partial charge in [0.15, 0.2) is 6.61 Å². The van der Waals surface area contributed by atoms with Gasteiger partial charge in [0, 0.05) is 5.69 Å². The van der Waals surface area contributed by atoms with Crippen LogP contribution in [0.15, 0.2) is 18.2 Å². The first-order chi connectivity index (χ1) is 14.4. The number of likely N-dealkylation sites (tertiary alicyclic amines) is 1. The van der Waals surface area contributed by atoms with E-state index in [9.17, 15) is 19.2 Å². The Balaban J connectivity index is 1.60. The minimum Gasteiger partial charge on any atom is -0.454 e. The number of aryl methyl sites for hydroxylation is 2. The summed E-state index contributed by atoms with van der Waals surface area (Å²) in [6.45, 7) is 5.03. The van der Waals surface area contributed by atoms with E-state index in [1.54, 1.807) is 0 Å². The van der Waals surface area contributed by atoms with Gasteiger partial charge in [-0.3, -0.25) is 19.3 Å². The zero-order chi connectivity index (χ0) is 21.8. The topological polar surface area (TPSA) is 92.8 Å². The van der Waals surface area contributed by atoms with Gasteiger partial charge < -0.3 is 10.1 Å². The third-order valence-electron chi connectivity index (χ3n) is 6.21. The van der Waals surface area contributed by atoms with E-state index in [-0.39, 0.29) is 23.7 Å². The van der Waals surface area contributed by atoms with E-state index in [2.05, 4.69) is 5.32 Å². The number of imide groups is 1. The predicted octanol–water partition coefficient (Wildman–Crippen LogP) is 2.86. The molecule has 1 aromatic carbocycles. The molecule has 3 atom stereocenters. The highest BCUT2D eigenvalue weighted by molar-refractivity contribution is 6.08. The number of fused-ring (bicyclic) bond motifs is 1. The highest BCUT2D eigenvalue weighted by Gasteiger charge is 2.51. The first-order valence-electron chi connectivity index (χ1n) is 10.8. The first-order valence-corrected chi connectivity index (χ1v) is 10.8. The second kappa shape index (κ2) is 9.41. The van der Waals surface area contributed by atoms with Crippen molar-refractivity contribution in [2.24, 2.45) is 11.8 Å². The Morgan fingerprint density at radius 1 is 1.07 bits per heavy atom. The van der Waals surface area contributed by atoms with Gasteiger partial charge in [-0.1, -0.05) is 44.9 Å². The lowest BCUT2D eigenvalue weighted by Crippen LogP contribution is -2.45. The molecule has 0 radical (unpaired) electrons. The SMILES string of the molecule is CCc1cccc(CC)c1NC(=O)COC(=O)[C@H](C)N1C(=O)[C@@H]2CCCC[C@H]2C1=O. The standard InChI is InChI=1S/C23H30N2O5/c1-4-15-9-8-10-16(5-2)20(15)24-19(26)13-30-23(29)14(3)25-21(27)17-11-6-7-12-18(17)22(25)28/h8-10,14,17-18H,4-7,11-13H2,1-3H3,(H,24,26)/t14-,17+,18+/m0/s1. The highest BCUT2D eigenvalue weighted by atomic mass is 16.5. The third kappa shape index (κ3) is 4.25. The number of amides is 3. The van der Waals surface area contributed by atoms with E-state index in [1.807, 2.05) is 32.0 Å². The Labute approximate surface area is 177 Å². The van der Waals surface area contributed by atoms with E-state index in [4.69, 9.17) is 4.74 Å². The highest BCUT2D eigenvalue weighted by Crippen LogP contribution is 2.38. The van der Waals surface area contributed by atoms with Crippen molar-refractivity contribution >= 4 is 29.4 Å². The second-order valence-corrected chi connectivity index (χ2v) is 8.03. The normalized spacial score (nSPS) is 21.9. The number of hydrogen-bond acceptors (Lipinski definition) is 5. The van der Waals surface area contributed by atoms with E-state index in [0.29, 0.717) is 12.8 Å². The zero-order valence-electron chi connectivity index (χ0n) is 17.9. The molecule has 0 spiro atoms. The number of rotatable bonds is 7. The van der Waals surface area contributed by atoms with Crippen molar-refractivity contribution in [3.8, 4) is 0 Å². The van der Waals surface area contributed by atoms with Crippen molar-refractivity contribution in [3.63, 3.8) is 0 Å². The second-order valence-electron chi connectivity index (χ2n) is 8.03. The van der Waals surface area contributed by atoms with Crippen molar-refractivity contribution < 1.29 is 23.9 Å². The quantitative estimate of drug-likeness (QED) is 0.547. The third-order valence-corrected chi connectivity index (χ3v) is 6.21. The fourth-order valence-electron chi connectivity index (χ4n) is 4.51. The molecule has 7 heteroatoms. The summed E-state index contributed by atoms with van der Waals surface area (Å²) in [7, 11) is 0. The molecule has 162 valence electrons. The summed E-state index contributed by atoms with van der Waals surface area (Å²) in [5.74, 6) is -2.40. The minimum absolute atomic E-state index is 0.289. The number of carbonyl (C=O) groups excluding carboxylic acids is 4. The number of hydrogen-bond donors (Lipinski definition) is 1. The van der Waals surface area contributed by atoms with Crippen molar-refractivity contribution in [2.75, 3.05) is 11.9 Å². The summed E-state index contributed by atoms with van der Waals surface area (Å²) in [6.07, 6.45) is 4.75. The van der Waals surface area contributed by atoms with Crippen LogP contribution >= 0.6 is 0 Å². The maximum atomic E-state index is 12.6. The van der Waals surface area contributed by atoms with Crippen LogP contribution in [0.25, 0.3) is 0 Å².